The van der Waals surface area contributed by atoms with Crippen molar-refractivity contribution in [3.05, 3.63) is 50.7 Å². The van der Waals surface area contributed by atoms with Crippen molar-refractivity contribution in [1.82, 2.24) is 4.90 Å². The minimum absolute atomic E-state index is 0.00565. The molecule has 0 saturated carbocycles. The number of carbonyl (C=O) groups excluding carboxylic acids is 1. The summed E-state index contributed by atoms with van der Waals surface area (Å²) in [5.41, 5.74) is 9.05. The molecule has 3 rings (SSSR count). The molecule has 0 spiro atoms. The topological polar surface area (TPSA) is 46.3 Å². The highest BCUT2D eigenvalue weighted by Gasteiger charge is 2.24. The third-order valence-electron chi connectivity index (χ3n) is 3.41. The number of amides is 1. The molecule has 0 atom stereocenters. The third kappa shape index (κ3) is 2.22. The van der Waals surface area contributed by atoms with Crippen molar-refractivity contribution in [2.24, 2.45) is 0 Å². The van der Waals surface area contributed by atoms with Crippen molar-refractivity contribution in [3.8, 4) is 0 Å². The lowest BCUT2D eigenvalue weighted by Gasteiger charge is -2.29. The van der Waals surface area contributed by atoms with Crippen LogP contribution in [-0.2, 0) is 13.0 Å². The van der Waals surface area contributed by atoms with Gasteiger partial charge in [0.2, 0.25) is 0 Å². The van der Waals surface area contributed by atoms with E-state index in [1.807, 2.05) is 22.4 Å². The van der Waals surface area contributed by atoms with Crippen molar-refractivity contribution in [2.75, 3.05) is 12.3 Å². The molecule has 2 N–H and O–H groups in total. The number of nitrogens with zero attached hydrogens (tertiary/aromatic N) is 1. The van der Waals surface area contributed by atoms with Gasteiger partial charge in [-0.05, 0) is 35.1 Å². The fraction of sp³-hybridized carbons (Fsp3) is 0.214. The van der Waals surface area contributed by atoms with Crippen LogP contribution in [0.15, 0.2) is 29.6 Å². The van der Waals surface area contributed by atoms with Crippen molar-refractivity contribution >= 4 is 34.5 Å². The molecule has 0 aliphatic carbocycles. The number of rotatable bonds is 1. The molecule has 3 nitrogen and oxygen atoms in total. The molecule has 1 aromatic heterocycles. The van der Waals surface area contributed by atoms with Crippen LogP contribution in [0.2, 0.25) is 5.02 Å². The number of hydrogen-bond acceptors (Lipinski definition) is 3. The second-order valence-corrected chi connectivity index (χ2v) is 5.88. The Labute approximate surface area is 120 Å². The van der Waals surface area contributed by atoms with Crippen LogP contribution in [0.25, 0.3) is 0 Å². The van der Waals surface area contributed by atoms with Gasteiger partial charge in [0.25, 0.3) is 5.91 Å². The normalized spacial score (nSPS) is 14.3. The second kappa shape index (κ2) is 4.87. The first-order valence-electron chi connectivity index (χ1n) is 6.05. The number of nitrogen functional groups attached to an aromatic ring is 1. The zero-order valence-electron chi connectivity index (χ0n) is 10.2. The number of halogens is 1. The summed E-state index contributed by atoms with van der Waals surface area (Å²) in [5, 5.41) is 2.36. The number of anilines is 1. The molecule has 19 heavy (non-hydrogen) atoms. The predicted octanol–water partition coefficient (Wildman–Crippen LogP) is 3.18. The summed E-state index contributed by atoms with van der Waals surface area (Å²) in [4.78, 5) is 14.8. The smallest absolute Gasteiger partial charge is 0.265 e. The van der Waals surface area contributed by atoms with Gasteiger partial charge < -0.3 is 10.6 Å². The van der Waals surface area contributed by atoms with Crippen LogP contribution in [0.5, 0.6) is 0 Å². The Morgan fingerprint density at radius 1 is 1.37 bits per heavy atom. The summed E-state index contributed by atoms with van der Waals surface area (Å²) < 4.78 is 0. The number of benzene rings is 1. The molecule has 2 aromatic rings. The molecular formula is C14H13ClN2OS. The van der Waals surface area contributed by atoms with Gasteiger partial charge >= 0.3 is 0 Å². The summed E-state index contributed by atoms with van der Waals surface area (Å²) in [6.07, 6.45) is 0.842. The fourth-order valence-electron chi connectivity index (χ4n) is 2.37. The van der Waals surface area contributed by atoms with Gasteiger partial charge in [0.15, 0.2) is 0 Å². The van der Waals surface area contributed by atoms with Crippen molar-refractivity contribution < 1.29 is 4.79 Å². The zero-order chi connectivity index (χ0) is 13.4. The Balaban J connectivity index is 1.88. The lowest BCUT2D eigenvalue weighted by molar-refractivity contribution is 0.0740. The van der Waals surface area contributed by atoms with Crippen molar-refractivity contribution in [1.29, 1.82) is 0 Å². The van der Waals surface area contributed by atoms with E-state index < -0.39 is 0 Å². The van der Waals surface area contributed by atoms with Crippen molar-refractivity contribution in [3.63, 3.8) is 0 Å². The van der Waals surface area contributed by atoms with E-state index in [1.54, 1.807) is 6.07 Å². The SMILES string of the molecule is Nc1cccc2c1CN(C(=O)c1sccc1Cl)CC2. The van der Waals surface area contributed by atoms with Gasteiger partial charge in [0.1, 0.15) is 4.88 Å². The molecule has 5 heteroatoms. The Morgan fingerprint density at radius 3 is 2.95 bits per heavy atom. The summed E-state index contributed by atoms with van der Waals surface area (Å²) in [6, 6.07) is 7.67. The highest BCUT2D eigenvalue weighted by molar-refractivity contribution is 7.12. The number of carbonyl (C=O) groups is 1. The maximum atomic E-state index is 12.4. The summed E-state index contributed by atoms with van der Waals surface area (Å²) in [6.45, 7) is 1.28. The molecular weight excluding hydrogens is 280 g/mol. The van der Waals surface area contributed by atoms with Crippen LogP contribution in [-0.4, -0.2) is 17.4 Å². The Morgan fingerprint density at radius 2 is 2.21 bits per heavy atom. The Bertz CT molecular complexity index is 638. The second-order valence-electron chi connectivity index (χ2n) is 4.56. The molecule has 1 aliphatic heterocycles. The molecule has 1 amide bonds. The van der Waals surface area contributed by atoms with E-state index in [-0.39, 0.29) is 5.91 Å². The van der Waals surface area contributed by atoms with Gasteiger partial charge in [-0.1, -0.05) is 23.7 Å². The number of fused-ring (bicyclic) bond motifs is 1. The monoisotopic (exact) mass is 292 g/mol. The number of nitrogens with two attached hydrogens (primary N) is 1. The van der Waals surface area contributed by atoms with E-state index in [4.69, 9.17) is 17.3 Å². The van der Waals surface area contributed by atoms with Gasteiger partial charge in [-0.3, -0.25) is 4.79 Å². The molecule has 2 heterocycles. The van der Waals surface area contributed by atoms with E-state index in [9.17, 15) is 4.79 Å². The summed E-state index contributed by atoms with van der Waals surface area (Å²) >= 11 is 7.41. The van der Waals surface area contributed by atoms with E-state index in [0.29, 0.717) is 23.0 Å². The minimum atomic E-state index is -0.00565. The molecule has 0 saturated heterocycles. The molecule has 0 bridgehead atoms. The molecule has 0 radical (unpaired) electrons. The van der Waals surface area contributed by atoms with Crippen molar-refractivity contribution in [2.45, 2.75) is 13.0 Å². The van der Waals surface area contributed by atoms with Gasteiger partial charge in [-0.2, -0.15) is 0 Å². The first kappa shape index (κ1) is 12.5. The molecule has 1 aromatic carbocycles. The highest BCUT2D eigenvalue weighted by atomic mass is 35.5. The Kier molecular flexibility index (Phi) is 3.21. The average molecular weight is 293 g/mol. The third-order valence-corrected chi connectivity index (χ3v) is 4.74. The van der Waals surface area contributed by atoms with Gasteiger partial charge in [-0.15, -0.1) is 11.3 Å². The van der Waals surface area contributed by atoms with Gasteiger partial charge in [0.05, 0.1) is 5.02 Å². The van der Waals surface area contributed by atoms with Crippen LogP contribution < -0.4 is 5.73 Å². The molecule has 0 fully saturated rings. The predicted molar refractivity (Wildman–Crippen MR) is 78.6 cm³/mol. The van der Waals surface area contributed by atoms with Gasteiger partial charge in [-0.25, -0.2) is 0 Å². The lowest BCUT2D eigenvalue weighted by Crippen LogP contribution is -2.36. The quantitative estimate of drug-likeness (QED) is 0.821. The average Bonchev–Trinajstić information content (AvgIpc) is 2.84. The van der Waals surface area contributed by atoms with E-state index >= 15 is 0 Å². The molecule has 1 aliphatic rings. The zero-order valence-corrected chi connectivity index (χ0v) is 11.8. The van der Waals surface area contributed by atoms with Crippen LogP contribution in [0, 0.1) is 0 Å². The van der Waals surface area contributed by atoms with E-state index in [0.717, 1.165) is 17.7 Å². The highest BCUT2D eigenvalue weighted by Crippen LogP contribution is 2.28. The first-order valence-corrected chi connectivity index (χ1v) is 7.31. The fourth-order valence-corrected chi connectivity index (χ4v) is 3.47. The number of hydrogen-bond donors (Lipinski definition) is 1. The van der Waals surface area contributed by atoms with Crippen LogP contribution >= 0.6 is 22.9 Å². The van der Waals surface area contributed by atoms with Crippen LogP contribution in [0.3, 0.4) is 0 Å². The maximum absolute atomic E-state index is 12.4. The molecule has 0 unspecified atom stereocenters. The minimum Gasteiger partial charge on any atom is -0.398 e. The summed E-state index contributed by atoms with van der Waals surface area (Å²) in [7, 11) is 0. The maximum Gasteiger partial charge on any atom is 0.265 e. The van der Waals surface area contributed by atoms with E-state index in [1.165, 1.54) is 16.9 Å². The Hall–Kier alpha value is -1.52. The first-order chi connectivity index (χ1) is 9.16. The van der Waals surface area contributed by atoms with Crippen LogP contribution in [0.4, 0.5) is 5.69 Å². The summed E-state index contributed by atoms with van der Waals surface area (Å²) in [5.74, 6) is -0.00565. The lowest BCUT2D eigenvalue weighted by atomic mass is 9.98. The van der Waals surface area contributed by atoms with E-state index in [2.05, 4.69) is 6.07 Å². The van der Waals surface area contributed by atoms with Crippen LogP contribution in [0.1, 0.15) is 20.8 Å². The number of thiophene rings is 1. The van der Waals surface area contributed by atoms with Gasteiger partial charge in [0, 0.05) is 18.8 Å². The largest absolute Gasteiger partial charge is 0.398 e. The molecule has 98 valence electrons. The standard InChI is InChI=1S/C14H13ClN2OS/c15-11-5-7-19-13(11)14(18)17-6-4-9-2-1-3-12(16)10(9)8-17/h1-3,5,7H,4,6,8,16H2.